The van der Waals surface area contributed by atoms with E-state index in [9.17, 15) is 0 Å². The molecule has 0 aromatic heterocycles. The van der Waals surface area contributed by atoms with Gasteiger partial charge in [-0.1, -0.05) is 0 Å². The Balaban J connectivity index is 0.00000186. The van der Waals surface area contributed by atoms with Crippen LogP contribution in [0.3, 0.4) is 0 Å². The molecule has 4 aliphatic carbocycles. The van der Waals surface area contributed by atoms with Crippen LogP contribution in [0.4, 0.5) is 0 Å². The molecular formula is C41H34Cl4Zr. The minimum absolute atomic E-state index is 0. The van der Waals surface area contributed by atoms with E-state index in [-0.39, 0.29) is 35.6 Å². The number of hydrogen-bond donors (Lipinski definition) is 0. The number of fused-ring (bicyclic) bond motifs is 5. The van der Waals surface area contributed by atoms with Crippen LogP contribution >= 0.6 is 23.2 Å². The Morgan fingerprint density at radius 1 is 0.696 bits per heavy atom. The third-order valence-electron chi connectivity index (χ3n) is 10.0. The largest absolute Gasteiger partial charge is 1.00 e. The smallest absolute Gasteiger partial charge is 1.00 e. The number of benzene rings is 4. The molecule has 46 heavy (non-hydrogen) atoms. The fourth-order valence-electron chi connectivity index (χ4n) is 7.76. The average Bonchev–Trinajstić information content (AvgIpc) is 3.76. The molecule has 0 amide bonds. The van der Waals surface area contributed by atoms with Gasteiger partial charge in [-0.25, -0.2) is 0 Å². The number of halogens is 4. The quantitative estimate of drug-likeness (QED) is 0.262. The maximum atomic E-state index is 6.73. The van der Waals surface area contributed by atoms with Gasteiger partial charge in [-0.3, -0.25) is 0 Å². The van der Waals surface area contributed by atoms with Crippen LogP contribution in [-0.2, 0) is 32.1 Å². The third-order valence-corrected chi connectivity index (χ3v) is 18.8. The predicted octanol–water partition coefficient (Wildman–Crippen LogP) is 5.41. The van der Waals surface area contributed by atoms with Crippen molar-refractivity contribution < 1.29 is 46.1 Å². The molecule has 230 valence electrons. The van der Waals surface area contributed by atoms with Crippen molar-refractivity contribution >= 4 is 38.6 Å². The average molecular weight is 760 g/mol. The summed E-state index contributed by atoms with van der Waals surface area (Å²) in [6, 6.07) is 27.2. The summed E-state index contributed by atoms with van der Waals surface area (Å²) in [5.74, 6) is 0. The van der Waals surface area contributed by atoms with E-state index in [4.69, 9.17) is 23.2 Å². The molecule has 0 atom stereocenters. The van der Waals surface area contributed by atoms with Gasteiger partial charge in [0.05, 0.1) is 0 Å². The zero-order chi connectivity index (χ0) is 30.4. The van der Waals surface area contributed by atoms with Crippen LogP contribution in [0.2, 0.25) is 10.0 Å². The second-order valence-corrected chi connectivity index (χ2v) is 20.9. The van der Waals surface area contributed by atoms with E-state index < -0.39 is 21.3 Å². The number of rotatable bonds is 4. The van der Waals surface area contributed by atoms with E-state index in [1.54, 1.807) is 3.28 Å². The molecule has 0 spiro atoms. The van der Waals surface area contributed by atoms with Gasteiger partial charge < -0.3 is 24.8 Å². The first kappa shape index (κ1) is 33.6. The summed E-state index contributed by atoms with van der Waals surface area (Å²) < 4.78 is 3.40. The van der Waals surface area contributed by atoms with Crippen molar-refractivity contribution in [1.29, 1.82) is 0 Å². The Morgan fingerprint density at radius 3 is 1.63 bits per heavy atom. The normalized spacial score (nSPS) is 16.8. The van der Waals surface area contributed by atoms with Crippen molar-refractivity contribution in [2.24, 2.45) is 0 Å². The first-order valence-electron chi connectivity index (χ1n) is 15.5. The molecule has 0 radical (unpaired) electrons. The summed E-state index contributed by atoms with van der Waals surface area (Å²) in [4.78, 5) is 0. The molecule has 8 rings (SSSR count). The van der Waals surface area contributed by atoms with Gasteiger partial charge >= 0.3 is 281 Å². The van der Waals surface area contributed by atoms with Crippen molar-refractivity contribution in [3.8, 4) is 11.1 Å². The summed E-state index contributed by atoms with van der Waals surface area (Å²) in [7, 11) is 0. The SMILES string of the molecule is CC1(C)C=Cc2cc3c(cc21)[CH]([Zr+2]([C]1=CC=CC1)=[C](c1cccc(Cl)c1)c1cccc(Cl)c1)c1cc2c(cc1-3)C=CC2(C)C.[Cl-].[Cl-]. The molecule has 0 fully saturated rings. The van der Waals surface area contributed by atoms with E-state index in [1.165, 1.54) is 58.8 Å². The van der Waals surface area contributed by atoms with Crippen LogP contribution in [0.25, 0.3) is 23.3 Å². The van der Waals surface area contributed by atoms with E-state index >= 15 is 0 Å². The predicted molar refractivity (Wildman–Crippen MR) is 186 cm³/mol. The maximum absolute atomic E-state index is 6.73. The second kappa shape index (κ2) is 12.3. The van der Waals surface area contributed by atoms with Crippen LogP contribution in [0.1, 0.15) is 82.2 Å². The fraction of sp³-hybridized carbons (Fsp3) is 0.195. The first-order chi connectivity index (χ1) is 21.1. The van der Waals surface area contributed by atoms with Crippen LogP contribution < -0.4 is 24.8 Å². The zero-order valence-corrected chi connectivity index (χ0v) is 31.7. The first-order valence-corrected chi connectivity index (χ1v) is 20.1. The molecule has 0 nitrogen and oxygen atoms in total. The van der Waals surface area contributed by atoms with Crippen molar-refractivity contribution in [2.45, 2.75) is 48.6 Å². The monoisotopic (exact) mass is 756 g/mol. The van der Waals surface area contributed by atoms with Gasteiger partial charge in [0, 0.05) is 0 Å². The van der Waals surface area contributed by atoms with E-state index in [1.807, 2.05) is 12.1 Å². The molecule has 0 heterocycles. The summed E-state index contributed by atoms with van der Waals surface area (Å²) in [6.07, 6.45) is 17.5. The topological polar surface area (TPSA) is 0 Å². The van der Waals surface area contributed by atoms with E-state index in [2.05, 4.69) is 131 Å². The molecule has 4 aromatic carbocycles. The Labute approximate surface area is 302 Å². The summed E-state index contributed by atoms with van der Waals surface area (Å²) in [6.45, 7) is 9.39. The molecule has 4 aromatic rings. The van der Waals surface area contributed by atoms with Gasteiger partial charge in [0.15, 0.2) is 0 Å². The van der Waals surface area contributed by atoms with E-state index in [0.29, 0.717) is 3.63 Å². The Kier molecular flexibility index (Phi) is 9.02. The number of hydrogen-bond acceptors (Lipinski definition) is 0. The molecule has 0 saturated heterocycles. The zero-order valence-electron chi connectivity index (χ0n) is 26.3. The molecule has 0 N–H and O–H groups in total. The van der Waals surface area contributed by atoms with Gasteiger partial charge in [-0.05, 0) is 0 Å². The molecular weight excluding hydrogens is 725 g/mol. The standard InChI is InChI=1S/C23H21.C13H8Cl2.C5H5.2ClH.Zr/c1-22(2)7-5-14-10-18-16(12-20(14)22)9-17-13-21-15(11-19(17)18)6-8-23(21,3)4;14-12-5-1-3-10(8-12)7-11-4-2-6-13(15)9-11;1-2-4-5-3-1;;;/h5-13H,1-4H3;1-6,8-9H;1-3H,4H2;2*1H;/q;;;;;+2/p-2. The Morgan fingerprint density at radius 2 is 1.20 bits per heavy atom. The third kappa shape index (κ3) is 5.45. The molecule has 4 aliphatic rings. The van der Waals surface area contributed by atoms with Crippen molar-refractivity contribution in [2.75, 3.05) is 0 Å². The molecule has 0 saturated carbocycles. The second-order valence-electron chi connectivity index (χ2n) is 13.7. The minimum Gasteiger partial charge on any atom is -1.00 e. The summed E-state index contributed by atoms with van der Waals surface area (Å²) >= 11 is 10.6. The molecule has 0 unspecified atom stereocenters. The van der Waals surface area contributed by atoms with Gasteiger partial charge in [-0.15, -0.1) is 0 Å². The molecule has 5 heteroatoms. The number of allylic oxidation sites excluding steroid dienone is 6. The van der Waals surface area contributed by atoms with Crippen molar-refractivity contribution in [3.63, 3.8) is 0 Å². The summed E-state index contributed by atoms with van der Waals surface area (Å²) in [5.41, 5.74) is 13.9. The molecule has 0 aliphatic heterocycles. The van der Waals surface area contributed by atoms with E-state index in [0.717, 1.165) is 16.5 Å². The maximum Gasteiger partial charge on any atom is -1.00 e. The summed E-state index contributed by atoms with van der Waals surface area (Å²) in [5, 5.41) is 1.54. The van der Waals surface area contributed by atoms with Gasteiger partial charge in [0.2, 0.25) is 0 Å². The molecule has 0 bridgehead atoms. The van der Waals surface area contributed by atoms with Crippen molar-refractivity contribution in [3.05, 3.63) is 161 Å². The fourth-order valence-corrected chi connectivity index (χ4v) is 17.1. The van der Waals surface area contributed by atoms with Gasteiger partial charge in [0.25, 0.3) is 0 Å². The Hall–Kier alpha value is -2.25. The van der Waals surface area contributed by atoms with Crippen molar-refractivity contribution in [1.82, 2.24) is 0 Å². The van der Waals surface area contributed by atoms with Gasteiger partial charge in [-0.2, -0.15) is 0 Å². The van der Waals surface area contributed by atoms with Gasteiger partial charge in [0.1, 0.15) is 0 Å². The van der Waals surface area contributed by atoms with Crippen LogP contribution in [0, 0.1) is 0 Å². The van der Waals surface area contributed by atoms with Crippen LogP contribution in [0.5, 0.6) is 0 Å². The van der Waals surface area contributed by atoms with Crippen LogP contribution in [0.15, 0.2) is 106 Å². The Bertz CT molecular complexity index is 1950. The minimum atomic E-state index is -2.87. The van der Waals surface area contributed by atoms with Crippen LogP contribution in [-0.4, -0.2) is 3.21 Å².